The second-order valence-corrected chi connectivity index (χ2v) is 7.63. The Morgan fingerprint density at radius 2 is 2.24 bits per heavy atom. The van der Waals surface area contributed by atoms with Crippen LogP contribution < -0.4 is 10.6 Å². The van der Waals surface area contributed by atoms with Crippen LogP contribution in [-0.2, 0) is 4.79 Å². The maximum Gasteiger partial charge on any atom is 0.220 e. The molecule has 0 aromatic heterocycles. The van der Waals surface area contributed by atoms with E-state index in [2.05, 4.69) is 31.4 Å². The maximum atomic E-state index is 11.6. The normalized spacial score (nSPS) is 20.5. The molecule has 1 aliphatic heterocycles. The minimum atomic E-state index is 0.214. The van der Waals surface area contributed by atoms with Gasteiger partial charge in [0, 0.05) is 23.5 Å². The Morgan fingerprint density at radius 1 is 1.47 bits per heavy atom. The van der Waals surface area contributed by atoms with Crippen LogP contribution in [-0.4, -0.2) is 36.0 Å². The van der Waals surface area contributed by atoms with Crippen molar-refractivity contribution in [3.8, 4) is 0 Å². The zero-order chi connectivity index (χ0) is 12.7. The summed E-state index contributed by atoms with van der Waals surface area (Å²) in [6.07, 6.45) is 2.95. The Morgan fingerprint density at radius 3 is 2.82 bits per heavy atom. The van der Waals surface area contributed by atoms with Crippen LogP contribution >= 0.6 is 11.8 Å². The number of nitrogens with one attached hydrogen (secondary N) is 2. The van der Waals surface area contributed by atoms with Gasteiger partial charge in [0.15, 0.2) is 0 Å². The molecule has 1 atom stereocenters. The Kier molecular flexibility index (Phi) is 6.34. The van der Waals surface area contributed by atoms with Crippen LogP contribution in [0.15, 0.2) is 0 Å². The third-order valence-electron chi connectivity index (χ3n) is 2.90. The van der Waals surface area contributed by atoms with Gasteiger partial charge in [0.2, 0.25) is 5.91 Å². The molecule has 0 saturated carbocycles. The summed E-state index contributed by atoms with van der Waals surface area (Å²) in [6.45, 7) is 9.61. The molecule has 17 heavy (non-hydrogen) atoms. The summed E-state index contributed by atoms with van der Waals surface area (Å²) < 4.78 is 0.292. The minimum absolute atomic E-state index is 0.214. The van der Waals surface area contributed by atoms with Crippen LogP contribution in [0, 0.1) is 5.92 Å². The quantitative estimate of drug-likeness (QED) is 0.716. The second kappa shape index (κ2) is 7.27. The highest BCUT2D eigenvalue weighted by molar-refractivity contribution is 8.00. The van der Waals surface area contributed by atoms with Gasteiger partial charge in [-0.3, -0.25) is 4.79 Å². The van der Waals surface area contributed by atoms with Gasteiger partial charge in [-0.05, 0) is 31.8 Å². The summed E-state index contributed by atoms with van der Waals surface area (Å²) in [6, 6.07) is 0. The lowest BCUT2D eigenvalue weighted by atomic mass is 10.0. The van der Waals surface area contributed by atoms with Crippen molar-refractivity contribution < 1.29 is 4.79 Å². The molecular formula is C13H26N2OS. The molecule has 4 heteroatoms. The summed E-state index contributed by atoms with van der Waals surface area (Å²) >= 11 is 1.89. The first-order chi connectivity index (χ1) is 7.97. The summed E-state index contributed by atoms with van der Waals surface area (Å²) in [5, 5.41) is 6.33. The van der Waals surface area contributed by atoms with Crippen molar-refractivity contribution in [3.05, 3.63) is 0 Å². The molecule has 0 aromatic carbocycles. The molecule has 1 aliphatic rings. The predicted octanol–water partition coefficient (Wildman–Crippen LogP) is 2.02. The number of rotatable bonds is 6. The van der Waals surface area contributed by atoms with E-state index in [1.54, 1.807) is 0 Å². The molecule has 1 saturated heterocycles. The topological polar surface area (TPSA) is 41.1 Å². The summed E-state index contributed by atoms with van der Waals surface area (Å²) in [7, 11) is 0. The summed E-state index contributed by atoms with van der Waals surface area (Å²) in [5.74, 6) is 1.93. The summed E-state index contributed by atoms with van der Waals surface area (Å²) in [5.41, 5.74) is 0. The Labute approximate surface area is 109 Å². The van der Waals surface area contributed by atoms with Crippen molar-refractivity contribution in [1.29, 1.82) is 0 Å². The number of thioether (sulfide) groups is 1. The van der Waals surface area contributed by atoms with E-state index in [1.807, 2.05) is 11.8 Å². The molecule has 0 radical (unpaired) electrons. The maximum absolute atomic E-state index is 11.6. The number of hydrogen-bond donors (Lipinski definition) is 2. The van der Waals surface area contributed by atoms with Gasteiger partial charge in [-0.15, -0.1) is 0 Å². The van der Waals surface area contributed by atoms with Gasteiger partial charge in [-0.2, -0.15) is 11.8 Å². The van der Waals surface area contributed by atoms with Crippen LogP contribution in [0.1, 0.15) is 40.0 Å². The number of carbonyl (C=O) groups is 1. The first-order valence-electron chi connectivity index (χ1n) is 6.59. The molecule has 1 rings (SSSR count). The van der Waals surface area contributed by atoms with Gasteiger partial charge in [-0.25, -0.2) is 0 Å². The van der Waals surface area contributed by atoms with Crippen molar-refractivity contribution in [3.63, 3.8) is 0 Å². The molecule has 1 unspecified atom stereocenters. The Bertz CT molecular complexity index is 232. The molecule has 0 spiro atoms. The van der Waals surface area contributed by atoms with Crippen molar-refractivity contribution in [2.75, 3.05) is 25.4 Å². The molecule has 3 nitrogen and oxygen atoms in total. The van der Waals surface area contributed by atoms with Gasteiger partial charge >= 0.3 is 0 Å². The van der Waals surface area contributed by atoms with Crippen LogP contribution in [0.25, 0.3) is 0 Å². The van der Waals surface area contributed by atoms with E-state index >= 15 is 0 Å². The molecular weight excluding hydrogens is 232 g/mol. The molecule has 1 fully saturated rings. The lowest BCUT2D eigenvalue weighted by Gasteiger charge is -2.17. The van der Waals surface area contributed by atoms with E-state index in [0.29, 0.717) is 17.1 Å². The highest BCUT2D eigenvalue weighted by atomic mass is 32.2. The SMILES string of the molecule is CC(C)(C)SCCNC(=O)CCC1CCNC1. The molecule has 2 N–H and O–H groups in total. The first kappa shape index (κ1) is 14.8. The van der Waals surface area contributed by atoms with Gasteiger partial charge in [-0.1, -0.05) is 20.8 Å². The molecule has 1 amide bonds. The molecule has 100 valence electrons. The van der Waals surface area contributed by atoms with Crippen LogP contribution in [0.3, 0.4) is 0 Å². The number of hydrogen-bond acceptors (Lipinski definition) is 3. The smallest absolute Gasteiger partial charge is 0.220 e. The monoisotopic (exact) mass is 258 g/mol. The van der Waals surface area contributed by atoms with E-state index < -0.39 is 0 Å². The second-order valence-electron chi connectivity index (χ2n) is 5.71. The Hall–Kier alpha value is -0.220. The van der Waals surface area contributed by atoms with Gasteiger partial charge in [0.05, 0.1) is 0 Å². The standard InChI is InChI=1S/C13H26N2OS/c1-13(2,3)17-9-8-15-12(16)5-4-11-6-7-14-10-11/h11,14H,4-10H2,1-3H3,(H,15,16). The lowest BCUT2D eigenvalue weighted by Crippen LogP contribution is -2.27. The van der Waals surface area contributed by atoms with Crippen LogP contribution in [0.5, 0.6) is 0 Å². The number of carbonyl (C=O) groups excluding carboxylic acids is 1. The fourth-order valence-corrected chi connectivity index (χ4v) is 2.75. The van der Waals surface area contributed by atoms with E-state index in [1.165, 1.54) is 6.42 Å². The average Bonchev–Trinajstić information content (AvgIpc) is 2.73. The molecule has 0 aromatic rings. The summed E-state index contributed by atoms with van der Waals surface area (Å²) in [4.78, 5) is 11.6. The number of amides is 1. The van der Waals surface area contributed by atoms with Crippen molar-refractivity contribution >= 4 is 17.7 Å². The van der Waals surface area contributed by atoms with Crippen LogP contribution in [0.4, 0.5) is 0 Å². The Balaban J connectivity index is 1.97. The van der Waals surface area contributed by atoms with Gasteiger partial charge < -0.3 is 10.6 Å². The van der Waals surface area contributed by atoms with Crippen LogP contribution in [0.2, 0.25) is 0 Å². The third-order valence-corrected chi connectivity index (χ3v) is 4.18. The predicted molar refractivity (Wildman–Crippen MR) is 75.4 cm³/mol. The third kappa shape index (κ3) is 7.66. The fraction of sp³-hybridized carbons (Fsp3) is 0.923. The van der Waals surface area contributed by atoms with Crippen molar-refractivity contribution in [1.82, 2.24) is 10.6 Å². The van der Waals surface area contributed by atoms with Gasteiger partial charge in [0.25, 0.3) is 0 Å². The van der Waals surface area contributed by atoms with Gasteiger partial charge in [0.1, 0.15) is 0 Å². The zero-order valence-corrected chi connectivity index (χ0v) is 12.2. The minimum Gasteiger partial charge on any atom is -0.355 e. The van der Waals surface area contributed by atoms with Crippen molar-refractivity contribution in [2.45, 2.75) is 44.8 Å². The highest BCUT2D eigenvalue weighted by Gasteiger charge is 2.15. The molecule has 1 heterocycles. The zero-order valence-electron chi connectivity index (χ0n) is 11.3. The first-order valence-corrected chi connectivity index (χ1v) is 7.57. The van der Waals surface area contributed by atoms with Crippen molar-refractivity contribution in [2.24, 2.45) is 5.92 Å². The van der Waals surface area contributed by atoms with E-state index in [9.17, 15) is 4.79 Å². The highest BCUT2D eigenvalue weighted by Crippen LogP contribution is 2.22. The van der Waals surface area contributed by atoms with E-state index in [-0.39, 0.29) is 5.91 Å². The fourth-order valence-electron chi connectivity index (χ4n) is 1.93. The van der Waals surface area contributed by atoms with E-state index in [0.717, 1.165) is 31.8 Å². The molecule has 0 bridgehead atoms. The average molecular weight is 258 g/mol. The largest absolute Gasteiger partial charge is 0.355 e. The molecule has 0 aliphatic carbocycles. The van der Waals surface area contributed by atoms with E-state index in [4.69, 9.17) is 0 Å². The lowest BCUT2D eigenvalue weighted by molar-refractivity contribution is -0.121.